The summed E-state index contributed by atoms with van der Waals surface area (Å²) in [5.74, 6) is 0.341. The van der Waals surface area contributed by atoms with Crippen LogP contribution in [-0.2, 0) is 16.0 Å². The Hall–Kier alpha value is -2.59. The molecule has 0 radical (unpaired) electrons. The molecule has 2 aromatic rings. The first-order chi connectivity index (χ1) is 12.9. The van der Waals surface area contributed by atoms with Gasteiger partial charge in [0.05, 0.1) is 0 Å². The standard InChI is InChI=1S/C23H28O4/c1-16(2)23(25)27-13-12-26-22-15-19(6-5-11-24)8-10-21(22)20-9-7-17(3)14-18(20)4/h7-10,14-15,24H,1,5-6,11-13H2,2-4H3. The maximum atomic E-state index is 11.5. The van der Waals surface area contributed by atoms with Crippen LogP contribution in [0.3, 0.4) is 0 Å². The minimum Gasteiger partial charge on any atom is -0.489 e. The van der Waals surface area contributed by atoms with Crippen molar-refractivity contribution in [1.29, 1.82) is 0 Å². The number of aliphatic hydroxyl groups is 1. The van der Waals surface area contributed by atoms with Crippen LogP contribution in [0.1, 0.15) is 30.0 Å². The molecule has 0 saturated heterocycles. The number of hydrogen-bond acceptors (Lipinski definition) is 4. The Bertz CT molecular complexity index is 808. The molecule has 0 atom stereocenters. The monoisotopic (exact) mass is 368 g/mol. The highest BCUT2D eigenvalue weighted by Crippen LogP contribution is 2.34. The van der Waals surface area contributed by atoms with E-state index in [9.17, 15) is 4.79 Å². The van der Waals surface area contributed by atoms with Gasteiger partial charge in [-0.25, -0.2) is 4.79 Å². The third kappa shape index (κ3) is 5.97. The van der Waals surface area contributed by atoms with Gasteiger partial charge in [0.1, 0.15) is 19.0 Å². The molecule has 0 amide bonds. The largest absolute Gasteiger partial charge is 0.489 e. The van der Waals surface area contributed by atoms with Gasteiger partial charge in [-0.3, -0.25) is 0 Å². The predicted molar refractivity (Wildman–Crippen MR) is 108 cm³/mol. The summed E-state index contributed by atoms with van der Waals surface area (Å²) < 4.78 is 11.1. The molecule has 0 aliphatic heterocycles. The van der Waals surface area contributed by atoms with Crippen LogP contribution in [0.4, 0.5) is 0 Å². The summed E-state index contributed by atoms with van der Waals surface area (Å²) in [6, 6.07) is 12.5. The number of aliphatic hydroxyl groups excluding tert-OH is 1. The molecule has 0 saturated carbocycles. The third-order valence-corrected chi connectivity index (χ3v) is 4.26. The van der Waals surface area contributed by atoms with Crippen molar-refractivity contribution in [2.75, 3.05) is 19.8 Å². The summed E-state index contributed by atoms with van der Waals surface area (Å²) in [6.45, 7) is 9.93. The Balaban J connectivity index is 2.22. The van der Waals surface area contributed by atoms with Gasteiger partial charge in [-0.2, -0.15) is 0 Å². The van der Waals surface area contributed by atoms with Crippen molar-refractivity contribution in [3.8, 4) is 16.9 Å². The zero-order chi connectivity index (χ0) is 19.8. The van der Waals surface area contributed by atoms with Gasteiger partial charge in [0.25, 0.3) is 0 Å². The number of carbonyl (C=O) groups excluding carboxylic acids is 1. The van der Waals surface area contributed by atoms with Gasteiger partial charge in [0.15, 0.2) is 0 Å². The number of esters is 1. The van der Waals surface area contributed by atoms with E-state index in [0.717, 1.165) is 28.9 Å². The molecule has 4 nitrogen and oxygen atoms in total. The van der Waals surface area contributed by atoms with Gasteiger partial charge in [-0.15, -0.1) is 0 Å². The van der Waals surface area contributed by atoms with E-state index in [2.05, 4.69) is 50.8 Å². The van der Waals surface area contributed by atoms with E-state index in [-0.39, 0.29) is 19.8 Å². The average Bonchev–Trinajstić information content (AvgIpc) is 2.63. The molecular formula is C23H28O4. The molecular weight excluding hydrogens is 340 g/mol. The Labute approximate surface area is 161 Å². The zero-order valence-electron chi connectivity index (χ0n) is 16.4. The molecule has 2 rings (SSSR count). The summed E-state index contributed by atoms with van der Waals surface area (Å²) in [7, 11) is 0. The second-order valence-corrected chi connectivity index (χ2v) is 6.74. The number of aryl methyl sites for hydroxylation is 3. The zero-order valence-corrected chi connectivity index (χ0v) is 16.4. The summed E-state index contributed by atoms with van der Waals surface area (Å²) in [5.41, 5.74) is 5.99. The topological polar surface area (TPSA) is 55.8 Å². The van der Waals surface area contributed by atoms with Crippen molar-refractivity contribution in [3.05, 3.63) is 65.2 Å². The van der Waals surface area contributed by atoms with Crippen LogP contribution in [0.25, 0.3) is 11.1 Å². The van der Waals surface area contributed by atoms with Crippen molar-refractivity contribution in [2.45, 2.75) is 33.6 Å². The quantitative estimate of drug-likeness (QED) is 0.405. The molecule has 0 aliphatic carbocycles. The van der Waals surface area contributed by atoms with Crippen LogP contribution < -0.4 is 4.74 Å². The van der Waals surface area contributed by atoms with E-state index in [0.29, 0.717) is 12.0 Å². The van der Waals surface area contributed by atoms with Gasteiger partial charge in [0.2, 0.25) is 0 Å². The van der Waals surface area contributed by atoms with Gasteiger partial charge >= 0.3 is 5.97 Å². The van der Waals surface area contributed by atoms with E-state index in [1.54, 1.807) is 6.92 Å². The Kier molecular flexibility index (Phi) is 7.62. The van der Waals surface area contributed by atoms with E-state index >= 15 is 0 Å². The Morgan fingerprint density at radius 1 is 1.07 bits per heavy atom. The third-order valence-electron chi connectivity index (χ3n) is 4.26. The van der Waals surface area contributed by atoms with Gasteiger partial charge in [-0.05, 0) is 56.4 Å². The maximum Gasteiger partial charge on any atom is 0.333 e. The van der Waals surface area contributed by atoms with Crippen LogP contribution in [-0.4, -0.2) is 30.9 Å². The minimum absolute atomic E-state index is 0.159. The normalized spacial score (nSPS) is 10.5. The van der Waals surface area contributed by atoms with Gasteiger partial charge in [-0.1, -0.05) is 42.5 Å². The highest BCUT2D eigenvalue weighted by atomic mass is 16.6. The van der Waals surface area contributed by atoms with Crippen molar-refractivity contribution in [3.63, 3.8) is 0 Å². The van der Waals surface area contributed by atoms with E-state index in [1.165, 1.54) is 11.1 Å². The lowest BCUT2D eigenvalue weighted by molar-refractivity contribution is -0.139. The molecule has 0 unspecified atom stereocenters. The number of hydrogen-bond donors (Lipinski definition) is 1. The molecule has 0 aromatic heterocycles. The second-order valence-electron chi connectivity index (χ2n) is 6.74. The Morgan fingerprint density at radius 3 is 2.48 bits per heavy atom. The molecule has 144 valence electrons. The number of carbonyl (C=O) groups is 1. The number of rotatable bonds is 9. The maximum absolute atomic E-state index is 11.5. The SMILES string of the molecule is C=C(C)C(=O)OCCOc1cc(CCCO)ccc1-c1ccc(C)cc1C. The number of ether oxygens (including phenoxy) is 2. The average molecular weight is 368 g/mol. The first-order valence-electron chi connectivity index (χ1n) is 9.19. The summed E-state index contributed by atoms with van der Waals surface area (Å²) >= 11 is 0. The first-order valence-corrected chi connectivity index (χ1v) is 9.19. The molecule has 0 fully saturated rings. The van der Waals surface area contributed by atoms with Crippen LogP contribution in [0.2, 0.25) is 0 Å². The van der Waals surface area contributed by atoms with Crippen LogP contribution in [0.15, 0.2) is 48.6 Å². The fourth-order valence-corrected chi connectivity index (χ4v) is 2.87. The van der Waals surface area contributed by atoms with Crippen LogP contribution in [0.5, 0.6) is 5.75 Å². The lowest BCUT2D eigenvalue weighted by Gasteiger charge is -2.16. The highest BCUT2D eigenvalue weighted by molar-refractivity contribution is 5.86. The molecule has 0 heterocycles. The predicted octanol–water partition coefficient (Wildman–Crippen LogP) is 4.39. The molecule has 1 N–H and O–H groups in total. The summed E-state index contributed by atoms with van der Waals surface area (Å²) in [4.78, 5) is 11.5. The lowest BCUT2D eigenvalue weighted by atomic mass is 9.96. The highest BCUT2D eigenvalue weighted by Gasteiger charge is 2.11. The molecule has 2 aromatic carbocycles. The number of benzene rings is 2. The van der Waals surface area contributed by atoms with E-state index < -0.39 is 5.97 Å². The first kappa shape index (κ1) is 20.7. The fourth-order valence-electron chi connectivity index (χ4n) is 2.87. The summed E-state index contributed by atoms with van der Waals surface area (Å²) in [6.07, 6.45) is 1.49. The van der Waals surface area contributed by atoms with Gasteiger partial charge < -0.3 is 14.6 Å². The molecule has 0 bridgehead atoms. The molecule has 0 aliphatic rings. The van der Waals surface area contributed by atoms with Crippen LogP contribution in [0, 0.1) is 13.8 Å². The molecule has 27 heavy (non-hydrogen) atoms. The molecule has 4 heteroatoms. The van der Waals surface area contributed by atoms with Gasteiger partial charge in [0, 0.05) is 17.7 Å². The van der Waals surface area contributed by atoms with Crippen molar-refractivity contribution < 1.29 is 19.4 Å². The fraction of sp³-hybridized carbons (Fsp3) is 0.348. The summed E-state index contributed by atoms with van der Waals surface area (Å²) in [5, 5.41) is 9.08. The van der Waals surface area contributed by atoms with Crippen molar-refractivity contribution >= 4 is 5.97 Å². The smallest absolute Gasteiger partial charge is 0.333 e. The van der Waals surface area contributed by atoms with E-state index in [1.807, 2.05) is 6.07 Å². The minimum atomic E-state index is -0.412. The van der Waals surface area contributed by atoms with Crippen molar-refractivity contribution in [1.82, 2.24) is 0 Å². The van der Waals surface area contributed by atoms with Crippen LogP contribution >= 0.6 is 0 Å². The van der Waals surface area contributed by atoms with E-state index in [4.69, 9.17) is 14.6 Å². The van der Waals surface area contributed by atoms with Crippen molar-refractivity contribution in [2.24, 2.45) is 0 Å². The lowest BCUT2D eigenvalue weighted by Crippen LogP contribution is -2.12. The Morgan fingerprint density at radius 2 is 1.81 bits per heavy atom. The second kappa shape index (κ2) is 9.93. The molecule has 0 spiro atoms.